The second-order valence-electron chi connectivity index (χ2n) is 6.71. The van der Waals surface area contributed by atoms with Crippen molar-refractivity contribution in [1.82, 2.24) is 0 Å². The molecule has 3 aromatic rings. The van der Waals surface area contributed by atoms with E-state index in [4.69, 9.17) is 0 Å². The molecule has 0 aromatic heterocycles. The third-order valence-electron chi connectivity index (χ3n) is 3.91. The van der Waals surface area contributed by atoms with Gasteiger partial charge in [-0.3, -0.25) is 0 Å². The van der Waals surface area contributed by atoms with Crippen LogP contribution in [0.4, 0.5) is 0 Å². The van der Waals surface area contributed by atoms with E-state index in [-0.39, 0.29) is 10.9 Å². The van der Waals surface area contributed by atoms with Crippen LogP contribution >= 0.6 is 0 Å². The Bertz CT molecular complexity index is 704. The van der Waals surface area contributed by atoms with Crippen molar-refractivity contribution in [1.29, 1.82) is 0 Å². The minimum absolute atomic E-state index is 0.0264. The summed E-state index contributed by atoms with van der Waals surface area (Å²) >= 11 is -1.98. The molecule has 0 saturated carbocycles. The van der Waals surface area contributed by atoms with Crippen LogP contribution in [0.3, 0.4) is 0 Å². The second-order valence-corrected chi connectivity index (χ2v) is 23.2. The molecular formula is C21H23SSn+. The molecule has 0 heterocycles. The van der Waals surface area contributed by atoms with Crippen LogP contribution in [0.5, 0.6) is 0 Å². The van der Waals surface area contributed by atoms with Gasteiger partial charge >= 0.3 is 147 Å². The quantitative estimate of drug-likeness (QED) is 0.391. The fourth-order valence-corrected chi connectivity index (χ4v) is 8.03. The average Bonchev–Trinajstić information content (AvgIpc) is 2.57. The molecule has 3 rings (SSSR count). The van der Waals surface area contributed by atoms with Crippen molar-refractivity contribution in [3.63, 3.8) is 0 Å². The monoisotopic (exact) mass is 427 g/mol. The Hall–Kier alpha value is -1.19. The molecule has 0 bridgehead atoms. The number of hydrogen-bond acceptors (Lipinski definition) is 0. The van der Waals surface area contributed by atoms with Crippen molar-refractivity contribution in [2.75, 3.05) is 0 Å². The predicted molar refractivity (Wildman–Crippen MR) is 104 cm³/mol. The van der Waals surface area contributed by atoms with Gasteiger partial charge in [-0.15, -0.1) is 0 Å². The number of benzene rings is 3. The van der Waals surface area contributed by atoms with Gasteiger partial charge in [0.2, 0.25) is 0 Å². The summed E-state index contributed by atoms with van der Waals surface area (Å²) in [6.45, 7) is 0. The van der Waals surface area contributed by atoms with E-state index in [1.807, 2.05) is 0 Å². The Morgan fingerprint density at radius 2 is 0.913 bits per heavy atom. The van der Waals surface area contributed by atoms with Crippen molar-refractivity contribution < 1.29 is 0 Å². The third-order valence-corrected chi connectivity index (χ3v) is 12.0. The molecule has 0 spiro atoms. The van der Waals surface area contributed by atoms with Crippen molar-refractivity contribution in [2.24, 2.45) is 0 Å². The summed E-state index contributed by atoms with van der Waals surface area (Å²) in [6, 6.07) is 31.1. The standard InChI is InChI=1S/C18H14S.3CH3.Sn/c1-4-10-16(11-5-1)19(17-12-6-2-7-13-17)18-14-8-3-9-15-18;;;;/h1-2,4-15H;3*1H3;/q+1;;;;. The van der Waals surface area contributed by atoms with Gasteiger partial charge in [-0.05, 0) is 0 Å². The zero-order valence-corrected chi connectivity index (χ0v) is 17.7. The summed E-state index contributed by atoms with van der Waals surface area (Å²) < 4.78 is 1.59. The summed E-state index contributed by atoms with van der Waals surface area (Å²) in [6.07, 6.45) is 0. The number of rotatable bonds is 4. The van der Waals surface area contributed by atoms with Gasteiger partial charge < -0.3 is 0 Å². The van der Waals surface area contributed by atoms with Crippen molar-refractivity contribution >= 4 is 32.9 Å². The van der Waals surface area contributed by atoms with Gasteiger partial charge in [0, 0.05) is 0 Å². The molecule has 0 N–H and O–H groups in total. The van der Waals surface area contributed by atoms with Crippen molar-refractivity contribution in [3.05, 3.63) is 84.9 Å². The molecule has 116 valence electrons. The Morgan fingerprint density at radius 3 is 1.30 bits per heavy atom. The van der Waals surface area contributed by atoms with Crippen LogP contribution in [0.2, 0.25) is 14.8 Å². The van der Waals surface area contributed by atoms with E-state index in [9.17, 15) is 0 Å². The third kappa shape index (κ3) is 4.02. The fraction of sp³-hybridized carbons (Fsp3) is 0.143. The van der Waals surface area contributed by atoms with Gasteiger partial charge in [0.25, 0.3) is 0 Å². The molecule has 2 heteroatoms. The molecule has 0 unspecified atom stereocenters. The van der Waals surface area contributed by atoms with E-state index in [0.717, 1.165) is 0 Å². The molecular weight excluding hydrogens is 403 g/mol. The van der Waals surface area contributed by atoms with Crippen molar-refractivity contribution in [2.45, 2.75) is 29.5 Å². The molecule has 3 aromatic carbocycles. The maximum absolute atomic E-state index is 2.47. The van der Waals surface area contributed by atoms with Gasteiger partial charge in [-0.1, -0.05) is 0 Å². The Balaban J connectivity index is 2.06. The normalized spacial score (nSPS) is 11.7. The molecule has 0 aliphatic rings. The first kappa shape index (κ1) is 16.7. The van der Waals surface area contributed by atoms with E-state index < -0.39 is 18.4 Å². The first-order valence-electron chi connectivity index (χ1n) is 8.01. The van der Waals surface area contributed by atoms with E-state index >= 15 is 0 Å². The van der Waals surface area contributed by atoms with Gasteiger partial charge in [-0.2, -0.15) is 0 Å². The van der Waals surface area contributed by atoms with E-state index in [1.54, 1.807) is 3.58 Å². The SMILES string of the molecule is [CH3][Sn]([CH3])([CH3])[c]1ccc([S+](c2ccccc2)c2ccccc2)cc1. The molecule has 0 amide bonds. The van der Waals surface area contributed by atoms with E-state index in [1.165, 1.54) is 14.7 Å². The molecule has 0 nitrogen and oxygen atoms in total. The van der Waals surface area contributed by atoms with Crippen LogP contribution in [-0.4, -0.2) is 18.4 Å². The van der Waals surface area contributed by atoms with Gasteiger partial charge in [0.15, 0.2) is 0 Å². The Kier molecular flexibility index (Phi) is 5.17. The summed E-state index contributed by atoms with van der Waals surface area (Å²) in [5.74, 6) is 0. The van der Waals surface area contributed by atoms with Crippen LogP contribution < -0.4 is 3.58 Å². The molecule has 0 atom stereocenters. The van der Waals surface area contributed by atoms with Crippen molar-refractivity contribution in [3.8, 4) is 0 Å². The van der Waals surface area contributed by atoms with E-state index in [0.29, 0.717) is 0 Å². The van der Waals surface area contributed by atoms with E-state index in [2.05, 4.69) is 99.7 Å². The first-order chi connectivity index (χ1) is 11.1. The molecule has 0 saturated heterocycles. The maximum atomic E-state index is 2.47. The summed E-state index contributed by atoms with van der Waals surface area (Å²) in [4.78, 5) is 11.6. The molecule has 0 aliphatic heterocycles. The van der Waals surface area contributed by atoms with Gasteiger partial charge in [0.05, 0.1) is 0 Å². The summed E-state index contributed by atoms with van der Waals surface area (Å²) in [5.41, 5.74) is 0. The Labute approximate surface area is 146 Å². The molecule has 23 heavy (non-hydrogen) atoms. The topological polar surface area (TPSA) is 0 Å². The van der Waals surface area contributed by atoms with Crippen LogP contribution in [0.1, 0.15) is 0 Å². The Morgan fingerprint density at radius 1 is 0.522 bits per heavy atom. The number of hydrogen-bond donors (Lipinski definition) is 0. The average molecular weight is 426 g/mol. The van der Waals surface area contributed by atoms with Crippen LogP contribution in [0.15, 0.2) is 99.6 Å². The van der Waals surface area contributed by atoms with Crippen LogP contribution in [0.25, 0.3) is 0 Å². The second kappa shape index (κ2) is 7.14. The van der Waals surface area contributed by atoms with Crippen LogP contribution in [0, 0.1) is 0 Å². The summed E-state index contributed by atoms with van der Waals surface area (Å²) in [7, 11) is -0.0264. The van der Waals surface area contributed by atoms with Gasteiger partial charge in [-0.25, -0.2) is 0 Å². The summed E-state index contributed by atoms with van der Waals surface area (Å²) in [5, 5.41) is 0. The molecule has 0 fully saturated rings. The molecule has 0 radical (unpaired) electrons. The molecule has 0 aliphatic carbocycles. The van der Waals surface area contributed by atoms with Crippen LogP contribution in [-0.2, 0) is 10.9 Å². The zero-order chi connectivity index (χ0) is 16.3. The zero-order valence-electron chi connectivity index (χ0n) is 14.0. The first-order valence-corrected chi connectivity index (χ1v) is 19.2. The van der Waals surface area contributed by atoms with Gasteiger partial charge in [0.1, 0.15) is 0 Å². The fourth-order valence-electron chi connectivity index (χ4n) is 2.61. The minimum atomic E-state index is -1.98. The predicted octanol–water partition coefficient (Wildman–Crippen LogP) is 5.33.